The maximum Gasteiger partial charge on any atom is 0.0359 e. The molecule has 2 heteroatoms. The zero-order valence-electron chi connectivity index (χ0n) is 15.8. The Labute approximate surface area is 165 Å². The van der Waals surface area contributed by atoms with E-state index in [0.29, 0.717) is 0 Å². The summed E-state index contributed by atoms with van der Waals surface area (Å²) in [5.74, 6) is 12.5. The number of rotatable bonds is 2. The van der Waals surface area contributed by atoms with Crippen LogP contribution in [-0.4, -0.2) is 9.97 Å². The Morgan fingerprint density at radius 2 is 1.36 bits per heavy atom. The van der Waals surface area contributed by atoms with Gasteiger partial charge in [0.15, 0.2) is 0 Å². The fourth-order valence-electron chi connectivity index (χ4n) is 3.50. The Hall–Kier alpha value is -3.88. The highest BCUT2D eigenvalue weighted by Crippen LogP contribution is 2.39. The molecule has 0 fully saturated rings. The second-order valence-corrected chi connectivity index (χ2v) is 6.30. The van der Waals surface area contributed by atoms with Crippen LogP contribution in [0.2, 0.25) is 0 Å². The van der Waals surface area contributed by atoms with Crippen LogP contribution in [0.25, 0.3) is 33.0 Å². The van der Waals surface area contributed by atoms with Crippen LogP contribution in [0.3, 0.4) is 0 Å². The third-order valence-electron chi connectivity index (χ3n) is 4.65. The SMILES string of the molecule is CC#Cc1ccncc1-c1cccc(C#CC)c1-c1cccc2cnccc12. The van der Waals surface area contributed by atoms with Crippen molar-refractivity contribution < 1.29 is 0 Å². The van der Waals surface area contributed by atoms with Gasteiger partial charge in [-0.3, -0.25) is 9.97 Å². The smallest absolute Gasteiger partial charge is 0.0359 e. The molecule has 28 heavy (non-hydrogen) atoms. The number of hydrogen-bond donors (Lipinski definition) is 0. The summed E-state index contributed by atoms with van der Waals surface area (Å²) in [5, 5.41) is 2.25. The lowest BCUT2D eigenvalue weighted by atomic mass is 9.87. The van der Waals surface area contributed by atoms with E-state index in [1.807, 2.05) is 44.6 Å². The van der Waals surface area contributed by atoms with Gasteiger partial charge in [-0.05, 0) is 48.6 Å². The summed E-state index contributed by atoms with van der Waals surface area (Å²) < 4.78 is 0. The van der Waals surface area contributed by atoms with Gasteiger partial charge < -0.3 is 0 Å². The summed E-state index contributed by atoms with van der Waals surface area (Å²) in [7, 11) is 0. The zero-order valence-corrected chi connectivity index (χ0v) is 15.8. The molecule has 2 heterocycles. The van der Waals surface area contributed by atoms with Crippen molar-refractivity contribution in [3.05, 3.63) is 84.4 Å². The molecule has 2 aromatic carbocycles. The lowest BCUT2D eigenvalue weighted by molar-refractivity contribution is 1.32. The Balaban J connectivity index is 2.12. The van der Waals surface area contributed by atoms with E-state index in [4.69, 9.17) is 0 Å². The number of pyridine rings is 2. The highest BCUT2D eigenvalue weighted by Gasteiger charge is 2.16. The standard InChI is InChI=1S/C26H18N2/c1-3-7-19-13-15-28-18-25(19)24-12-5-9-20(8-4-2)26(24)23-11-6-10-21-17-27-16-14-22(21)23/h5-6,9-18H,1-2H3. The van der Waals surface area contributed by atoms with Crippen LogP contribution in [0.15, 0.2) is 73.3 Å². The van der Waals surface area contributed by atoms with E-state index >= 15 is 0 Å². The van der Waals surface area contributed by atoms with Crippen LogP contribution >= 0.6 is 0 Å². The van der Waals surface area contributed by atoms with Crippen LogP contribution in [0.4, 0.5) is 0 Å². The van der Waals surface area contributed by atoms with Crippen molar-refractivity contribution in [1.29, 1.82) is 0 Å². The summed E-state index contributed by atoms with van der Waals surface area (Å²) in [6, 6.07) is 16.5. The van der Waals surface area contributed by atoms with Gasteiger partial charge in [0.1, 0.15) is 0 Å². The van der Waals surface area contributed by atoms with Gasteiger partial charge in [-0.2, -0.15) is 0 Å². The fourth-order valence-corrected chi connectivity index (χ4v) is 3.50. The van der Waals surface area contributed by atoms with E-state index in [-0.39, 0.29) is 0 Å². The summed E-state index contributed by atoms with van der Waals surface area (Å²) in [4.78, 5) is 8.63. The summed E-state index contributed by atoms with van der Waals surface area (Å²) in [5.41, 5.74) is 6.27. The molecule has 0 saturated heterocycles. The summed E-state index contributed by atoms with van der Waals surface area (Å²) >= 11 is 0. The van der Waals surface area contributed by atoms with Crippen LogP contribution in [-0.2, 0) is 0 Å². The fraction of sp³-hybridized carbons (Fsp3) is 0.0769. The monoisotopic (exact) mass is 358 g/mol. The van der Waals surface area contributed by atoms with E-state index in [1.165, 1.54) is 0 Å². The van der Waals surface area contributed by atoms with E-state index in [9.17, 15) is 0 Å². The third kappa shape index (κ3) is 3.13. The van der Waals surface area contributed by atoms with Crippen LogP contribution in [0, 0.1) is 23.7 Å². The lowest BCUT2D eigenvalue weighted by Gasteiger charge is -2.15. The number of hydrogen-bond acceptors (Lipinski definition) is 2. The third-order valence-corrected chi connectivity index (χ3v) is 4.65. The molecule has 0 spiro atoms. The molecule has 0 saturated carbocycles. The van der Waals surface area contributed by atoms with Crippen LogP contribution in [0.1, 0.15) is 25.0 Å². The summed E-state index contributed by atoms with van der Waals surface area (Å²) in [6.07, 6.45) is 7.39. The number of nitrogens with zero attached hydrogens (tertiary/aromatic N) is 2. The molecule has 0 bridgehead atoms. The maximum absolute atomic E-state index is 4.36. The Morgan fingerprint density at radius 3 is 2.21 bits per heavy atom. The molecular formula is C26H18N2. The van der Waals surface area contributed by atoms with Crippen LogP contribution in [0.5, 0.6) is 0 Å². The first-order valence-corrected chi connectivity index (χ1v) is 9.09. The topological polar surface area (TPSA) is 25.8 Å². The average molecular weight is 358 g/mol. The number of fused-ring (bicyclic) bond motifs is 1. The number of aromatic nitrogens is 2. The normalized spacial score (nSPS) is 9.93. The van der Waals surface area contributed by atoms with Gasteiger partial charge in [0.25, 0.3) is 0 Å². The highest BCUT2D eigenvalue weighted by molar-refractivity contribution is 6.02. The average Bonchev–Trinajstić information content (AvgIpc) is 2.74. The van der Waals surface area contributed by atoms with Gasteiger partial charge >= 0.3 is 0 Å². The molecule has 4 aromatic rings. The van der Waals surface area contributed by atoms with E-state index < -0.39 is 0 Å². The van der Waals surface area contributed by atoms with E-state index in [2.05, 4.69) is 70.0 Å². The first-order valence-electron chi connectivity index (χ1n) is 9.09. The largest absolute Gasteiger partial charge is 0.264 e. The van der Waals surface area contributed by atoms with Crippen molar-refractivity contribution in [3.63, 3.8) is 0 Å². The molecule has 0 aliphatic rings. The van der Waals surface area contributed by atoms with Crippen molar-refractivity contribution in [2.75, 3.05) is 0 Å². The number of benzene rings is 2. The van der Waals surface area contributed by atoms with Gasteiger partial charge in [0.05, 0.1) is 0 Å². The van der Waals surface area contributed by atoms with Crippen molar-refractivity contribution >= 4 is 10.8 Å². The minimum Gasteiger partial charge on any atom is -0.264 e. The van der Waals surface area contributed by atoms with Crippen molar-refractivity contribution in [3.8, 4) is 45.9 Å². The van der Waals surface area contributed by atoms with E-state index in [1.54, 1.807) is 6.20 Å². The van der Waals surface area contributed by atoms with Gasteiger partial charge in [-0.1, -0.05) is 42.2 Å². The molecule has 0 radical (unpaired) electrons. The molecule has 0 atom stereocenters. The molecule has 132 valence electrons. The molecular weight excluding hydrogens is 340 g/mol. The lowest BCUT2D eigenvalue weighted by Crippen LogP contribution is -1.94. The minimum atomic E-state index is 0.960. The molecule has 0 N–H and O–H groups in total. The van der Waals surface area contributed by atoms with Crippen molar-refractivity contribution in [2.24, 2.45) is 0 Å². The van der Waals surface area contributed by atoms with Crippen molar-refractivity contribution in [1.82, 2.24) is 9.97 Å². The van der Waals surface area contributed by atoms with Crippen LogP contribution < -0.4 is 0 Å². The van der Waals surface area contributed by atoms with Crippen molar-refractivity contribution in [2.45, 2.75) is 13.8 Å². The van der Waals surface area contributed by atoms with E-state index in [0.717, 1.165) is 44.2 Å². The predicted octanol–water partition coefficient (Wildman–Crippen LogP) is 5.71. The molecule has 4 rings (SSSR count). The Kier molecular flexibility index (Phi) is 4.87. The van der Waals surface area contributed by atoms with Gasteiger partial charge in [0.2, 0.25) is 0 Å². The predicted molar refractivity (Wildman–Crippen MR) is 116 cm³/mol. The zero-order chi connectivity index (χ0) is 19.3. The maximum atomic E-state index is 4.36. The molecule has 0 aliphatic carbocycles. The van der Waals surface area contributed by atoms with Gasteiger partial charge in [-0.15, -0.1) is 11.8 Å². The first-order chi connectivity index (χ1) is 13.8. The first kappa shape index (κ1) is 17.5. The molecule has 2 nitrogen and oxygen atoms in total. The highest BCUT2D eigenvalue weighted by atomic mass is 14.6. The second kappa shape index (κ2) is 7.78. The molecule has 0 unspecified atom stereocenters. The molecule has 0 amide bonds. The Bertz CT molecular complexity index is 1290. The van der Waals surface area contributed by atoms with Gasteiger partial charge in [0, 0.05) is 52.4 Å². The summed E-state index contributed by atoms with van der Waals surface area (Å²) in [6.45, 7) is 3.71. The van der Waals surface area contributed by atoms with Gasteiger partial charge in [-0.25, -0.2) is 0 Å². The Morgan fingerprint density at radius 1 is 0.643 bits per heavy atom. The second-order valence-electron chi connectivity index (χ2n) is 6.30. The quantitative estimate of drug-likeness (QED) is 0.429. The molecule has 2 aromatic heterocycles. The minimum absolute atomic E-state index is 0.960. The molecule has 0 aliphatic heterocycles.